The number of anilines is 1. The van der Waals surface area contributed by atoms with Gasteiger partial charge < -0.3 is 10.3 Å². The highest BCUT2D eigenvalue weighted by atomic mass is 32.2. The van der Waals surface area contributed by atoms with Crippen LogP contribution in [0.2, 0.25) is 0 Å². The zero-order valence-electron chi connectivity index (χ0n) is 18.1. The van der Waals surface area contributed by atoms with Crippen molar-refractivity contribution in [1.29, 1.82) is 0 Å². The molecule has 0 saturated carbocycles. The van der Waals surface area contributed by atoms with E-state index in [9.17, 15) is 8.78 Å². The minimum Gasteiger partial charge on any atom is -0.330 e. The number of hydrogen-bond donors (Lipinski definition) is 1. The Balaban J connectivity index is 1.74. The number of fused-ring (bicyclic) bond motifs is 1. The zero-order chi connectivity index (χ0) is 23.0. The van der Waals surface area contributed by atoms with Crippen LogP contribution in [-0.2, 0) is 11.9 Å². The summed E-state index contributed by atoms with van der Waals surface area (Å²) in [5.74, 6) is -0.408. The van der Waals surface area contributed by atoms with E-state index in [0.29, 0.717) is 24.0 Å². The fraction of sp³-hybridized carbons (Fsp3) is 0.200. The van der Waals surface area contributed by atoms with Gasteiger partial charge in [0.1, 0.15) is 21.5 Å². The van der Waals surface area contributed by atoms with Crippen LogP contribution in [-0.4, -0.2) is 21.1 Å². The quantitative estimate of drug-likeness (QED) is 0.418. The average molecular weight is 464 g/mol. The number of nitrogens with zero attached hydrogens (tertiary/aromatic N) is 4. The molecule has 8 heteroatoms. The number of imidazole rings is 1. The van der Waals surface area contributed by atoms with E-state index >= 15 is 0 Å². The fourth-order valence-corrected chi connectivity index (χ4v) is 5.63. The minimum absolute atomic E-state index is 0.134. The molecular weight excluding hydrogens is 440 g/mol. The Morgan fingerprint density at radius 3 is 2.52 bits per heavy atom. The Labute approximate surface area is 194 Å². The van der Waals surface area contributed by atoms with Gasteiger partial charge in [0.05, 0.1) is 11.0 Å². The second kappa shape index (κ2) is 8.61. The van der Waals surface area contributed by atoms with Gasteiger partial charge >= 0.3 is 0 Å². The Kier molecular flexibility index (Phi) is 5.64. The maximum absolute atomic E-state index is 14.8. The standard InChI is InChI=1S/C25H23F2N5S/c1-31-22-11-6-5-10-21(22)29-24(31)32-25(14-7-15-28,17-8-3-2-4-9-17)33-23(30-32)19-16-18(26)12-13-20(19)27/h2-6,8-13,16H,7,14-15,28H2,1H3. The smallest absolute Gasteiger partial charge is 0.228 e. The van der Waals surface area contributed by atoms with Gasteiger partial charge in [-0.2, -0.15) is 5.10 Å². The monoisotopic (exact) mass is 463 g/mol. The largest absolute Gasteiger partial charge is 0.330 e. The van der Waals surface area contributed by atoms with Crippen molar-refractivity contribution in [3.63, 3.8) is 0 Å². The lowest BCUT2D eigenvalue weighted by molar-refractivity contribution is 0.514. The molecule has 0 amide bonds. The highest BCUT2D eigenvalue weighted by molar-refractivity contribution is 8.15. The fourth-order valence-electron chi connectivity index (χ4n) is 4.22. The van der Waals surface area contributed by atoms with Crippen molar-refractivity contribution in [3.05, 3.63) is 95.6 Å². The molecule has 1 aliphatic rings. The van der Waals surface area contributed by atoms with Crippen LogP contribution in [0.3, 0.4) is 0 Å². The molecule has 1 unspecified atom stereocenters. The Hall–Kier alpha value is -3.23. The zero-order valence-corrected chi connectivity index (χ0v) is 18.9. The number of aryl methyl sites for hydroxylation is 1. The Morgan fingerprint density at radius 1 is 1.00 bits per heavy atom. The third kappa shape index (κ3) is 3.69. The molecule has 168 valence electrons. The van der Waals surface area contributed by atoms with Crippen LogP contribution in [0.5, 0.6) is 0 Å². The molecule has 1 aliphatic heterocycles. The maximum atomic E-state index is 14.8. The number of hydrazone groups is 1. The third-order valence-electron chi connectivity index (χ3n) is 5.85. The lowest BCUT2D eigenvalue weighted by atomic mass is 10.0. The molecule has 1 atom stereocenters. The molecule has 3 aromatic carbocycles. The number of thioether (sulfide) groups is 1. The summed E-state index contributed by atoms with van der Waals surface area (Å²) >= 11 is 1.41. The van der Waals surface area contributed by atoms with E-state index in [4.69, 9.17) is 15.8 Å². The number of halogens is 2. The van der Waals surface area contributed by atoms with Crippen molar-refractivity contribution in [3.8, 4) is 0 Å². The highest BCUT2D eigenvalue weighted by Crippen LogP contribution is 2.52. The number of benzene rings is 3. The molecule has 1 aromatic heterocycles. The van der Waals surface area contributed by atoms with Crippen molar-refractivity contribution in [2.45, 2.75) is 17.7 Å². The predicted molar refractivity (Wildman–Crippen MR) is 130 cm³/mol. The van der Waals surface area contributed by atoms with E-state index in [1.165, 1.54) is 17.8 Å². The predicted octanol–water partition coefficient (Wildman–Crippen LogP) is 5.36. The van der Waals surface area contributed by atoms with E-state index in [1.807, 2.05) is 71.2 Å². The van der Waals surface area contributed by atoms with Gasteiger partial charge in [-0.3, -0.25) is 0 Å². The molecule has 5 nitrogen and oxygen atoms in total. The lowest BCUT2D eigenvalue weighted by Gasteiger charge is -2.36. The normalized spacial score (nSPS) is 18.2. The van der Waals surface area contributed by atoms with E-state index < -0.39 is 16.5 Å². The van der Waals surface area contributed by atoms with Gasteiger partial charge in [-0.05, 0) is 55.3 Å². The molecule has 0 aliphatic carbocycles. The van der Waals surface area contributed by atoms with Crippen LogP contribution >= 0.6 is 11.8 Å². The summed E-state index contributed by atoms with van der Waals surface area (Å²) in [6.45, 7) is 0.495. The van der Waals surface area contributed by atoms with Gasteiger partial charge in [0, 0.05) is 12.6 Å². The van der Waals surface area contributed by atoms with Crippen LogP contribution < -0.4 is 10.7 Å². The number of para-hydroxylation sites is 2. The van der Waals surface area contributed by atoms with Crippen LogP contribution in [0.1, 0.15) is 24.0 Å². The molecule has 0 spiro atoms. The van der Waals surface area contributed by atoms with E-state index in [1.54, 1.807) is 0 Å². The van der Waals surface area contributed by atoms with Crippen molar-refractivity contribution >= 4 is 33.8 Å². The van der Waals surface area contributed by atoms with Gasteiger partial charge in [0.15, 0.2) is 0 Å². The molecule has 2 N–H and O–H groups in total. The minimum atomic E-state index is -0.718. The van der Waals surface area contributed by atoms with Gasteiger partial charge in [-0.15, -0.1) is 0 Å². The molecule has 0 saturated heterocycles. The first kappa shape index (κ1) is 21.6. The molecule has 0 bridgehead atoms. The van der Waals surface area contributed by atoms with E-state index in [2.05, 4.69) is 0 Å². The van der Waals surface area contributed by atoms with Crippen molar-refractivity contribution < 1.29 is 8.78 Å². The summed E-state index contributed by atoms with van der Waals surface area (Å²) in [5.41, 5.74) is 8.83. The molecule has 33 heavy (non-hydrogen) atoms. The third-order valence-corrected chi connectivity index (χ3v) is 7.30. The highest BCUT2D eigenvalue weighted by Gasteiger charge is 2.48. The Bertz CT molecular complexity index is 1340. The van der Waals surface area contributed by atoms with Gasteiger partial charge in [0.2, 0.25) is 5.95 Å². The Morgan fingerprint density at radius 2 is 1.76 bits per heavy atom. The first-order valence-corrected chi connectivity index (χ1v) is 11.6. The topological polar surface area (TPSA) is 59.4 Å². The van der Waals surface area contributed by atoms with Crippen molar-refractivity contribution in [1.82, 2.24) is 9.55 Å². The maximum Gasteiger partial charge on any atom is 0.228 e. The van der Waals surface area contributed by atoms with E-state index in [0.717, 1.165) is 35.2 Å². The summed E-state index contributed by atoms with van der Waals surface area (Å²) in [6.07, 6.45) is 1.36. The first-order valence-electron chi connectivity index (χ1n) is 10.7. The summed E-state index contributed by atoms with van der Waals surface area (Å²) in [6, 6.07) is 21.2. The van der Waals surface area contributed by atoms with Crippen LogP contribution in [0.4, 0.5) is 14.7 Å². The first-order chi connectivity index (χ1) is 16.0. The summed E-state index contributed by atoms with van der Waals surface area (Å²) in [4.78, 5) is 4.14. The number of aromatic nitrogens is 2. The summed E-state index contributed by atoms with van der Waals surface area (Å²) in [7, 11) is 1.93. The van der Waals surface area contributed by atoms with E-state index in [-0.39, 0.29) is 5.56 Å². The average Bonchev–Trinajstić information content (AvgIpc) is 3.38. The SMILES string of the molecule is Cn1c(N2N=C(c3cc(F)ccc3F)SC2(CCCN)c2ccccc2)nc2ccccc21. The molecule has 2 heterocycles. The van der Waals surface area contributed by atoms with Crippen LogP contribution in [0, 0.1) is 11.6 Å². The molecule has 5 rings (SSSR count). The lowest BCUT2D eigenvalue weighted by Crippen LogP contribution is -2.39. The van der Waals surface area contributed by atoms with Crippen LogP contribution in [0.15, 0.2) is 77.9 Å². The second-order valence-electron chi connectivity index (χ2n) is 7.95. The second-order valence-corrected chi connectivity index (χ2v) is 9.21. The summed E-state index contributed by atoms with van der Waals surface area (Å²) < 4.78 is 30.8. The number of hydrogen-bond acceptors (Lipinski definition) is 5. The molecule has 0 fully saturated rings. The molecule has 0 radical (unpaired) electrons. The molecule has 4 aromatic rings. The number of rotatable bonds is 6. The van der Waals surface area contributed by atoms with Crippen LogP contribution in [0.25, 0.3) is 11.0 Å². The van der Waals surface area contributed by atoms with Crippen molar-refractivity contribution in [2.75, 3.05) is 11.6 Å². The van der Waals surface area contributed by atoms with Gasteiger partial charge in [0.25, 0.3) is 0 Å². The molecular formula is C25H23F2N5S. The number of nitrogens with two attached hydrogens (primary N) is 1. The summed E-state index contributed by atoms with van der Waals surface area (Å²) in [5, 5.41) is 7.10. The van der Waals surface area contributed by atoms with Gasteiger partial charge in [-0.1, -0.05) is 54.2 Å². The van der Waals surface area contributed by atoms with Gasteiger partial charge in [-0.25, -0.2) is 18.8 Å². The van der Waals surface area contributed by atoms with Crippen molar-refractivity contribution in [2.24, 2.45) is 17.9 Å².